The highest BCUT2D eigenvalue weighted by atomic mass is 16.5. The number of anilines is 3. The average molecular weight is 982 g/mol. The van der Waals surface area contributed by atoms with Crippen molar-refractivity contribution in [1.82, 2.24) is 0 Å². The molecule has 12 aromatic carbocycles. The summed E-state index contributed by atoms with van der Waals surface area (Å²) < 4.78 is 13.4. The molecular formula is C74H47NO2. The normalized spacial score (nSPS) is 13.9. The standard InChI is InChI=1S/C74H47NO2/c1-2-19-48(20-3-1)49-37-39-50(40-38-49)55-23-6-13-32-68(55)75(54-42-43-58-56-24-4-7-26-60(56)74(67(58)47-54)65-30-11-16-35-71(65)77-72-36-17-12-31-66(72)74)53-22-18-21-51(45-53)52-41-44-62-59(46-52)57-25-5-8-27-61(57)73(62)63-28-9-14-33-69(63)76-70-34-15-10-29-64(70)73/h1-47H. The smallest absolute Gasteiger partial charge is 0.132 e. The number of rotatable bonds is 6. The summed E-state index contributed by atoms with van der Waals surface area (Å²) in [6, 6.07) is 104. The first-order valence-corrected chi connectivity index (χ1v) is 26.6. The molecule has 0 saturated carbocycles. The lowest BCUT2D eigenvalue weighted by Crippen LogP contribution is -2.32. The van der Waals surface area contributed by atoms with Crippen LogP contribution >= 0.6 is 0 Å². The van der Waals surface area contributed by atoms with Crippen molar-refractivity contribution in [1.29, 1.82) is 0 Å². The van der Waals surface area contributed by atoms with E-state index < -0.39 is 10.8 Å². The summed E-state index contributed by atoms with van der Waals surface area (Å²) in [7, 11) is 0. The topological polar surface area (TPSA) is 21.7 Å². The van der Waals surface area contributed by atoms with Gasteiger partial charge in [0.1, 0.15) is 23.0 Å². The van der Waals surface area contributed by atoms with Crippen LogP contribution in [-0.4, -0.2) is 0 Å². The minimum Gasteiger partial charge on any atom is -0.457 e. The zero-order valence-corrected chi connectivity index (χ0v) is 41.9. The summed E-state index contributed by atoms with van der Waals surface area (Å²) in [5.74, 6) is 3.54. The quantitative estimate of drug-likeness (QED) is 0.166. The van der Waals surface area contributed by atoms with Crippen molar-refractivity contribution in [2.75, 3.05) is 4.90 Å². The van der Waals surface area contributed by atoms with Crippen molar-refractivity contribution in [2.45, 2.75) is 10.8 Å². The van der Waals surface area contributed by atoms with Crippen LogP contribution in [-0.2, 0) is 10.8 Å². The Kier molecular flexibility index (Phi) is 9.47. The van der Waals surface area contributed by atoms with Crippen molar-refractivity contribution in [2.24, 2.45) is 0 Å². The van der Waals surface area contributed by atoms with Crippen LogP contribution in [0.25, 0.3) is 55.6 Å². The van der Waals surface area contributed by atoms with Gasteiger partial charge in [0, 0.05) is 39.2 Å². The van der Waals surface area contributed by atoms with Gasteiger partial charge in [0.05, 0.1) is 16.5 Å². The first-order chi connectivity index (χ1) is 38.2. The highest BCUT2D eigenvalue weighted by Gasteiger charge is 2.52. The van der Waals surface area contributed by atoms with Crippen LogP contribution in [0.15, 0.2) is 285 Å². The Morgan fingerprint density at radius 1 is 0.221 bits per heavy atom. The molecule has 0 amide bonds. The lowest BCUT2D eigenvalue weighted by molar-refractivity contribution is 0.436. The molecule has 0 atom stereocenters. The molecule has 4 aliphatic rings. The van der Waals surface area contributed by atoms with Gasteiger partial charge in [-0.15, -0.1) is 0 Å². The minimum absolute atomic E-state index is 0.534. The highest BCUT2D eigenvalue weighted by molar-refractivity contribution is 5.95. The van der Waals surface area contributed by atoms with E-state index in [0.29, 0.717) is 0 Å². The van der Waals surface area contributed by atoms with Gasteiger partial charge >= 0.3 is 0 Å². The molecule has 2 aliphatic carbocycles. The summed E-state index contributed by atoms with van der Waals surface area (Å²) in [5, 5.41) is 0. The Morgan fingerprint density at radius 3 is 1.23 bits per heavy atom. The Morgan fingerprint density at radius 2 is 0.623 bits per heavy atom. The maximum Gasteiger partial charge on any atom is 0.132 e. The molecule has 77 heavy (non-hydrogen) atoms. The Balaban J connectivity index is 0.902. The fourth-order valence-corrected chi connectivity index (χ4v) is 13.7. The fraction of sp³-hybridized carbons (Fsp3) is 0.0270. The number of benzene rings is 12. The van der Waals surface area contributed by atoms with Crippen LogP contribution in [0.2, 0.25) is 0 Å². The number of hydrogen-bond acceptors (Lipinski definition) is 3. The fourth-order valence-electron chi connectivity index (χ4n) is 13.7. The molecule has 0 bridgehead atoms. The third kappa shape index (κ3) is 6.20. The molecule has 360 valence electrons. The van der Waals surface area contributed by atoms with Gasteiger partial charge in [0.15, 0.2) is 0 Å². The molecule has 0 N–H and O–H groups in total. The van der Waals surface area contributed by atoms with Crippen LogP contribution in [0.3, 0.4) is 0 Å². The summed E-state index contributed by atoms with van der Waals surface area (Å²) in [4.78, 5) is 2.48. The first-order valence-electron chi connectivity index (χ1n) is 26.6. The van der Waals surface area contributed by atoms with E-state index >= 15 is 0 Å². The number of hydrogen-bond donors (Lipinski definition) is 0. The Hall–Kier alpha value is -9.96. The molecule has 0 saturated heterocycles. The van der Waals surface area contributed by atoms with E-state index in [2.05, 4.69) is 290 Å². The molecule has 3 heteroatoms. The van der Waals surface area contributed by atoms with Crippen LogP contribution in [0, 0.1) is 0 Å². The summed E-state index contributed by atoms with van der Waals surface area (Å²) >= 11 is 0. The third-order valence-corrected chi connectivity index (χ3v) is 16.8. The van der Waals surface area contributed by atoms with E-state index in [1.807, 2.05) is 0 Å². The molecular weight excluding hydrogens is 935 g/mol. The van der Waals surface area contributed by atoms with E-state index in [0.717, 1.165) is 84.6 Å². The van der Waals surface area contributed by atoms with Gasteiger partial charge in [-0.05, 0) is 133 Å². The zero-order valence-electron chi connectivity index (χ0n) is 41.9. The molecule has 2 heterocycles. The van der Waals surface area contributed by atoms with Crippen LogP contribution in [0.1, 0.15) is 44.5 Å². The number of nitrogens with zero attached hydrogens (tertiary/aromatic N) is 1. The van der Waals surface area contributed by atoms with Crippen molar-refractivity contribution < 1.29 is 9.47 Å². The molecule has 12 aromatic rings. The van der Waals surface area contributed by atoms with Gasteiger partial charge < -0.3 is 14.4 Å². The molecule has 0 aromatic heterocycles. The van der Waals surface area contributed by atoms with E-state index in [1.54, 1.807) is 0 Å². The summed E-state index contributed by atoms with van der Waals surface area (Å²) in [6.07, 6.45) is 0. The average Bonchev–Trinajstić information content (AvgIpc) is 4.01. The summed E-state index contributed by atoms with van der Waals surface area (Å²) in [6.45, 7) is 0. The number of fused-ring (bicyclic) bond motifs is 18. The largest absolute Gasteiger partial charge is 0.457 e. The number of ether oxygens (including phenoxy) is 2. The molecule has 2 aliphatic heterocycles. The van der Waals surface area contributed by atoms with E-state index in [9.17, 15) is 0 Å². The Bertz CT molecular complexity index is 4270. The van der Waals surface area contributed by atoms with Crippen LogP contribution < -0.4 is 14.4 Å². The minimum atomic E-state index is -0.628. The van der Waals surface area contributed by atoms with E-state index in [1.165, 1.54) is 55.6 Å². The maximum atomic E-state index is 6.76. The van der Waals surface area contributed by atoms with Crippen molar-refractivity contribution in [3.05, 3.63) is 330 Å². The maximum absolute atomic E-state index is 6.76. The zero-order chi connectivity index (χ0) is 50.7. The van der Waals surface area contributed by atoms with Crippen LogP contribution in [0.4, 0.5) is 17.1 Å². The lowest BCUT2D eigenvalue weighted by Gasteiger charge is -2.39. The number of para-hydroxylation sites is 5. The monoisotopic (exact) mass is 981 g/mol. The van der Waals surface area contributed by atoms with Gasteiger partial charge in [-0.2, -0.15) is 0 Å². The predicted octanol–water partition coefficient (Wildman–Crippen LogP) is 19.1. The lowest BCUT2D eigenvalue weighted by atomic mass is 9.66. The second kappa shape index (κ2) is 16.8. The van der Waals surface area contributed by atoms with Gasteiger partial charge in [0.25, 0.3) is 0 Å². The second-order valence-corrected chi connectivity index (χ2v) is 20.6. The second-order valence-electron chi connectivity index (χ2n) is 20.6. The van der Waals surface area contributed by atoms with Gasteiger partial charge in [0.2, 0.25) is 0 Å². The SMILES string of the molecule is c1ccc(-c2ccc(-c3ccccc3N(c3cccc(-c4ccc5c(c4)-c4ccccc4C54c5ccccc5Oc5ccccc54)c3)c3ccc4c(c3)C3(c5ccccc5Oc5ccccc53)c3ccccc3-4)cc2)cc1. The van der Waals surface area contributed by atoms with E-state index in [-0.39, 0.29) is 0 Å². The van der Waals surface area contributed by atoms with Crippen molar-refractivity contribution in [3.63, 3.8) is 0 Å². The molecule has 0 fully saturated rings. The van der Waals surface area contributed by atoms with Gasteiger partial charge in [-0.3, -0.25) is 0 Å². The van der Waals surface area contributed by atoms with E-state index in [4.69, 9.17) is 9.47 Å². The van der Waals surface area contributed by atoms with Gasteiger partial charge in [-0.1, -0.05) is 224 Å². The Labute approximate surface area is 448 Å². The first kappa shape index (κ1) is 43.4. The highest BCUT2D eigenvalue weighted by Crippen LogP contribution is 2.64. The van der Waals surface area contributed by atoms with Gasteiger partial charge in [-0.25, -0.2) is 0 Å². The molecule has 3 nitrogen and oxygen atoms in total. The molecule has 2 spiro atoms. The molecule has 16 rings (SSSR count). The molecule has 0 radical (unpaired) electrons. The van der Waals surface area contributed by atoms with Crippen molar-refractivity contribution >= 4 is 17.1 Å². The third-order valence-electron chi connectivity index (χ3n) is 16.8. The molecule has 0 unspecified atom stereocenters. The van der Waals surface area contributed by atoms with Crippen LogP contribution in [0.5, 0.6) is 23.0 Å². The predicted molar refractivity (Wildman–Crippen MR) is 312 cm³/mol. The summed E-state index contributed by atoms with van der Waals surface area (Å²) in [5.41, 5.74) is 23.5. The van der Waals surface area contributed by atoms with Crippen molar-refractivity contribution in [3.8, 4) is 78.6 Å².